The van der Waals surface area contributed by atoms with E-state index >= 15 is 0 Å². The van der Waals surface area contributed by atoms with Gasteiger partial charge in [0.1, 0.15) is 11.3 Å². The third kappa shape index (κ3) is 3.70. The lowest BCUT2D eigenvalue weighted by Gasteiger charge is -2.12. The number of rotatable bonds is 4. The van der Waals surface area contributed by atoms with Crippen LogP contribution in [0.4, 0.5) is 13.2 Å². The maximum Gasteiger partial charge on any atom is 0.416 e. The maximum atomic E-state index is 13.3. The largest absolute Gasteiger partial charge is 0.462 e. The topological polar surface area (TPSA) is 44.4 Å². The summed E-state index contributed by atoms with van der Waals surface area (Å²) in [5, 5.41) is 1.68. The molecule has 4 nitrogen and oxygen atoms in total. The van der Waals surface area contributed by atoms with Crippen molar-refractivity contribution in [1.29, 1.82) is 0 Å². The van der Waals surface area contributed by atoms with E-state index in [2.05, 4.69) is 0 Å². The van der Waals surface area contributed by atoms with Crippen LogP contribution >= 0.6 is 11.6 Å². The Kier molecular flexibility index (Phi) is 4.78. The lowest BCUT2D eigenvalue weighted by molar-refractivity contribution is -0.137. The van der Waals surface area contributed by atoms with E-state index in [1.165, 1.54) is 6.07 Å². The number of ether oxygens (including phenoxy) is 1. The Bertz CT molecular complexity index is 1220. The maximum absolute atomic E-state index is 13.3. The van der Waals surface area contributed by atoms with Gasteiger partial charge in [-0.05, 0) is 49.4 Å². The van der Waals surface area contributed by atoms with Crippen molar-refractivity contribution in [3.05, 3.63) is 70.6 Å². The van der Waals surface area contributed by atoms with Crippen LogP contribution in [0.5, 0.6) is 0 Å². The summed E-state index contributed by atoms with van der Waals surface area (Å²) < 4.78 is 52.2. The zero-order chi connectivity index (χ0) is 20.8. The van der Waals surface area contributed by atoms with Gasteiger partial charge in [0, 0.05) is 22.0 Å². The average molecular weight is 422 g/mol. The van der Waals surface area contributed by atoms with Crippen molar-refractivity contribution in [2.45, 2.75) is 19.6 Å². The van der Waals surface area contributed by atoms with E-state index in [1.807, 2.05) is 0 Å². The molecule has 0 atom stereocenters. The van der Waals surface area contributed by atoms with Crippen LogP contribution in [0.3, 0.4) is 0 Å². The smallest absolute Gasteiger partial charge is 0.416 e. The number of esters is 1. The van der Waals surface area contributed by atoms with Gasteiger partial charge < -0.3 is 13.7 Å². The van der Waals surface area contributed by atoms with Gasteiger partial charge in [0.2, 0.25) is 0 Å². The van der Waals surface area contributed by atoms with Gasteiger partial charge in [-0.15, -0.1) is 0 Å². The predicted octanol–water partition coefficient (Wildman–Crippen LogP) is 6.28. The van der Waals surface area contributed by atoms with Crippen LogP contribution in [0.25, 0.3) is 21.9 Å². The molecule has 4 aromatic rings. The predicted molar refractivity (Wildman–Crippen MR) is 103 cm³/mol. The number of carbonyl (C=O) groups excluding carboxylic acids is 1. The average Bonchev–Trinajstić information content (AvgIpc) is 3.24. The second-order valence-corrected chi connectivity index (χ2v) is 6.95. The van der Waals surface area contributed by atoms with Crippen molar-refractivity contribution in [3.63, 3.8) is 0 Å². The number of furan rings is 1. The first-order valence-corrected chi connectivity index (χ1v) is 9.19. The monoisotopic (exact) mass is 421 g/mol. The third-order valence-corrected chi connectivity index (χ3v) is 4.77. The minimum atomic E-state index is -4.57. The fourth-order valence-electron chi connectivity index (χ4n) is 3.32. The van der Waals surface area contributed by atoms with Gasteiger partial charge in [0.05, 0.1) is 29.8 Å². The fourth-order valence-corrected chi connectivity index (χ4v) is 3.50. The summed E-state index contributed by atoms with van der Waals surface area (Å²) in [6.45, 7) is 1.89. The molecule has 2 aromatic heterocycles. The number of hydrogen-bond acceptors (Lipinski definition) is 3. The molecular weight excluding hydrogens is 407 g/mol. The summed E-state index contributed by atoms with van der Waals surface area (Å²) in [6, 6.07) is 10.4. The fraction of sp³-hybridized carbons (Fsp3) is 0.190. The molecule has 0 saturated heterocycles. The summed E-state index contributed by atoms with van der Waals surface area (Å²) in [7, 11) is 0. The van der Waals surface area contributed by atoms with Gasteiger partial charge in [-0.3, -0.25) is 0 Å². The van der Waals surface area contributed by atoms with Gasteiger partial charge in [0.25, 0.3) is 0 Å². The lowest BCUT2D eigenvalue weighted by atomic mass is 10.1. The molecule has 29 heavy (non-hydrogen) atoms. The molecule has 0 radical (unpaired) electrons. The Morgan fingerprint density at radius 2 is 1.93 bits per heavy atom. The van der Waals surface area contributed by atoms with Crippen molar-refractivity contribution in [2.75, 3.05) is 6.61 Å². The summed E-state index contributed by atoms with van der Waals surface area (Å²) in [6.07, 6.45) is -2.96. The van der Waals surface area contributed by atoms with Crippen LogP contribution in [0.15, 0.2) is 53.1 Å². The first kappa shape index (κ1) is 19.4. The molecule has 0 aliphatic rings. The van der Waals surface area contributed by atoms with Crippen molar-refractivity contribution in [1.82, 2.24) is 4.57 Å². The molecule has 0 unspecified atom stereocenters. The Hall–Kier alpha value is -2.93. The number of halogens is 4. The van der Waals surface area contributed by atoms with Crippen molar-refractivity contribution in [2.24, 2.45) is 0 Å². The van der Waals surface area contributed by atoms with Gasteiger partial charge in [-0.2, -0.15) is 13.2 Å². The quantitative estimate of drug-likeness (QED) is 0.364. The van der Waals surface area contributed by atoms with Gasteiger partial charge >= 0.3 is 12.1 Å². The van der Waals surface area contributed by atoms with Gasteiger partial charge in [0.15, 0.2) is 0 Å². The molecule has 0 spiro atoms. The molecule has 0 bridgehead atoms. The van der Waals surface area contributed by atoms with E-state index in [-0.39, 0.29) is 18.7 Å². The summed E-state index contributed by atoms with van der Waals surface area (Å²) in [5.74, 6) is -0.227. The van der Waals surface area contributed by atoms with Gasteiger partial charge in [-0.1, -0.05) is 11.6 Å². The van der Waals surface area contributed by atoms with E-state index in [4.69, 9.17) is 20.8 Å². The standard InChI is InChI=1S/C21H15ClF3NO3/c1-2-28-20(27)17-10-14(21(23,24)25)7-12-5-6-26(19(12)17)11-16-9-13-8-15(22)3-4-18(13)29-16/h3-10H,2,11H2,1H3. The number of hydrogen-bond donors (Lipinski definition) is 0. The van der Waals surface area contributed by atoms with Crippen molar-refractivity contribution >= 4 is 39.4 Å². The molecule has 4 rings (SSSR count). The van der Waals surface area contributed by atoms with Crippen LogP contribution in [0.1, 0.15) is 28.6 Å². The third-order valence-electron chi connectivity index (χ3n) is 4.54. The molecule has 0 fully saturated rings. The number of carbonyl (C=O) groups is 1. The lowest BCUT2D eigenvalue weighted by Crippen LogP contribution is -2.12. The van der Waals surface area contributed by atoms with Crippen molar-refractivity contribution < 1.29 is 27.1 Å². The molecule has 0 aliphatic carbocycles. The molecule has 8 heteroatoms. The van der Waals surface area contributed by atoms with E-state index in [9.17, 15) is 18.0 Å². The van der Waals surface area contributed by atoms with E-state index in [0.29, 0.717) is 27.3 Å². The molecule has 2 heterocycles. The molecule has 0 N–H and O–H groups in total. The molecular formula is C21H15ClF3NO3. The first-order chi connectivity index (χ1) is 13.8. The second kappa shape index (κ2) is 7.15. The molecule has 0 amide bonds. The summed E-state index contributed by atoms with van der Waals surface area (Å²) in [5.41, 5.74) is -0.0363. The van der Waals surface area contributed by atoms with Crippen LogP contribution in [0, 0.1) is 0 Å². The first-order valence-electron chi connectivity index (χ1n) is 8.81. The minimum Gasteiger partial charge on any atom is -0.462 e. The minimum absolute atomic E-state index is 0.0572. The summed E-state index contributed by atoms with van der Waals surface area (Å²) in [4.78, 5) is 12.4. The highest BCUT2D eigenvalue weighted by Crippen LogP contribution is 2.34. The highest BCUT2D eigenvalue weighted by molar-refractivity contribution is 6.31. The SMILES string of the molecule is CCOC(=O)c1cc(C(F)(F)F)cc2ccn(Cc3cc4cc(Cl)ccc4o3)c12. The van der Waals surface area contributed by atoms with Crippen LogP contribution in [0.2, 0.25) is 5.02 Å². The van der Waals surface area contributed by atoms with Crippen LogP contribution < -0.4 is 0 Å². The number of fused-ring (bicyclic) bond motifs is 2. The van der Waals surface area contributed by atoms with Gasteiger partial charge in [-0.25, -0.2) is 4.79 Å². The number of aromatic nitrogens is 1. The number of alkyl halides is 3. The molecule has 2 aromatic carbocycles. The molecule has 150 valence electrons. The second-order valence-electron chi connectivity index (χ2n) is 6.52. The molecule has 0 aliphatic heterocycles. The Morgan fingerprint density at radius 3 is 2.66 bits per heavy atom. The Balaban J connectivity index is 1.82. The van der Waals surface area contributed by atoms with E-state index in [1.54, 1.807) is 42.0 Å². The van der Waals surface area contributed by atoms with Crippen LogP contribution in [-0.4, -0.2) is 17.1 Å². The number of benzene rings is 2. The Labute approximate surface area is 168 Å². The van der Waals surface area contributed by atoms with E-state index in [0.717, 1.165) is 17.5 Å². The highest BCUT2D eigenvalue weighted by Gasteiger charge is 2.33. The van der Waals surface area contributed by atoms with Crippen molar-refractivity contribution in [3.8, 4) is 0 Å². The zero-order valence-electron chi connectivity index (χ0n) is 15.2. The highest BCUT2D eigenvalue weighted by atomic mass is 35.5. The van der Waals surface area contributed by atoms with E-state index < -0.39 is 17.7 Å². The molecule has 0 saturated carbocycles. The van der Waals surface area contributed by atoms with Crippen LogP contribution in [-0.2, 0) is 17.5 Å². The zero-order valence-corrected chi connectivity index (χ0v) is 16.0. The Morgan fingerprint density at radius 1 is 1.14 bits per heavy atom. The number of nitrogens with zero attached hydrogens (tertiary/aromatic N) is 1. The normalized spacial score (nSPS) is 12.0. The summed E-state index contributed by atoms with van der Waals surface area (Å²) >= 11 is 6.00.